The standard InChI is InChI=1S/C13H17ClO4S2/c1-13(9-20(17,18)10-13)8-19(15,16)7-6-11-2-4-12(14)5-3-11/h2-5H,6-10H2,1H3. The van der Waals surface area contributed by atoms with Crippen molar-refractivity contribution >= 4 is 31.3 Å². The van der Waals surface area contributed by atoms with Crippen LogP contribution in [0, 0.1) is 5.41 Å². The minimum absolute atomic E-state index is 0.0276. The predicted molar refractivity (Wildman–Crippen MR) is 80.6 cm³/mol. The van der Waals surface area contributed by atoms with Crippen LogP contribution in [0.4, 0.5) is 0 Å². The van der Waals surface area contributed by atoms with Crippen molar-refractivity contribution in [2.24, 2.45) is 5.41 Å². The first kappa shape index (κ1) is 15.8. The summed E-state index contributed by atoms with van der Waals surface area (Å²) in [6.45, 7) is 1.72. The van der Waals surface area contributed by atoms with Gasteiger partial charge in [0.1, 0.15) is 0 Å². The van der Waals surface area contributed by atoms with E-state index in [1.807, 2.05) is 0 Å². The Morgan fingerprint density at radius 1 is 1.20 bits per heavy atom. The molecule has 1 aromatic rings. The maximum absolute atomic E-state index is 12.1. The van der Waals surface area contributed by atoms with Crippen LogP contribution in [0.3, 0.4) is 0 Å². The van der Waals surface area contributed by atoms with Gasteiger partial charge in [0.25, 0.3) is 0 Å². The summed E-state index contributed by atoms with van der Waals surface area (Å²) in [4.78, 5) is 0. The Morgan fingerprint density at radius 3 is 2.25 bits per heavy atom. The van der Waals surface area contributed by atoms with Crippen molar-refractivity contribution in [1.29, 1.82) is 0 Å². The molecule has 0 amide bonds. The molecule has 0 aromatic heterocycles. The minimum Gasteiger partial charge on any atom is -0.229 e. The van der Waals surface area contributed by atoms with E-state index in [0.717, 1.165) is 5.56 Å². The van der Waals surface area contributed by atoms with E-state index < -0.39 is 25.1 Å². The maximum Gasteiger partial charge on any atom is 0.151 e. The number of sulfone groups is 2. The third-order valence-electron chi connectivity index (χ3n) is 3.32. The fourth-order valence-corrected chi connectivity index (χ4v) is 7.22. The van der Waals surface area contributed by atoms with E-state index >= 15 is 0 Å². The molecule has 0 unspecified atom stereocenters. The molecule has 0 spiro atoms. The van der Waals surface area contributed by atoms with Crippen LogP contribution in [0.25, 0.3) is 0 Å². The SMILES string of the molecule is CC1(CS(=O)(=O)CCc2ccc(Cl)cc2)CS(=O)(=O)C1. The average molecular weight is 337 g/mol. The number of rotatable bonds is 5. The number of hydrogen-bond donors (Lipinski definition) is 0. The van der Waals surface area contributed by atoms with E-state index in [1.165, 1.54) is 0 Å². The summed E-state index contributed by atoms with van der Waals surface area (Å²) in [5.41, 5.74) is 0.293. The molecule has 0 N–H and O–H groups in total. The normalized spacial score (nSPS) is 20.3. The Labute approximate surface area is 125 Å². The Bertz CT molecular complexity index is 678. The molecule has 2 rings (SSSR count). The number of hydrogen-bond acceptors (Lipinski definition) is 4. The van der Waals surface area contributed by atoms with Gasteiger partial charge in [-0.3, -0.25) is 0 Å². The molecule has 1 fully saturated rings. The van der Waals surface area contributed by atoms with Crippen molar-refractivity contribution in [1.82, 2.24) is 0 Å². The highest BCUT2D eigenvalue weighted by atomic mass is 35.5. The fourth-order valence-electron chi connectivity index (χ4n) is 2.63. The molecule has 7 heteroatoms. The van der Waals surface area contributed by atoms with Gasteiger partial charge in [0, 0.05) is 10.4 Å². The molecule has 1 aliphatic heterocycles. The third kappa shape index (κ3) is 4.20. The summed E-state index contributed by atoms with van der Waals surface area (Å²) in [6.07, 6.45) is 0.419. The second kappa shape index (κ2) is 5.31. The van der Waals surface area contributed by atoms with Crippen molar-refractivity contribution in [2.45, 2.75) is 13.3 Å². The van der Waals surface area contributed by atoms with Crippen LogP contribution in [0.1, 0.15) is 12.5 Å². The van der Waals surface area contributed by atoms with Gasteiger partial charge in [-0.2, -0.15) is 0 Å². The second-order valence-electron chi connectivity index (χ2n) is 5.81. The Balaban J connectivity index is 1.93. The first-order valence-corrected chi connectivity index (χ1v) is 10.3. The van der Waals surface area contributed by atoms with Gasteiger partial charge >= 0.3 is 0 Å². The van der Waals surface area contributed by atoms with E-state index in [1.54, 1.807) is 31.2 Å². The molecule has 1 saturated heterocycles. The van der Waals surface area contributed by atoms with Crippen LogP contribution in [0.15, 0.2) is 24.3 Å². The van der Waals surface area contributed by atoms with Crippen molar-refractivity contribution in [3.63, 3.8) is 0 Å². The second-order valence-corrected chi connectivity index (χ2v) is 10.5. The van der Waals surface area contributed by atoms with E-state index in [-0.39, 0.29) is 23.0 Å². The lowest BCUT2D eigenvalue weighted by Gasteiger charge is -2.37. The van der Waals surface area contributed by atoms with Crippen molar-refractivity contribution in [3.8, 4) is 0 Å². The molecule has 1 heterocycles. The number of halogens is 1. The molecule has 0 saturated carbocycles. The summed E-state index contributed by atoms with van der Waals surface area (Å²) in [6, 6.07) is 7.05. The topological polar surface area (TPSA) is 68.3 Å². The van der Waals surface area contributed by atoms with Gasteiger partial charge in [-0.15, -0.1) is 0 Å². The van der Waals surface area contributed by atoms with Crippen molar-refractivity contribution < 1.29 is 16.8 Å². The zero-order chi connectivity index (χ0) is 15.0. The van der Waals surface area contributed by atoms with Crippen molar-refractivity contribution in [3.05, 3.63) is 34.9 Å². The highest BCUT2D eigenvalue weighted by Gasteiger charge is 2.47. The molecule has 20 heavy (non-hydrogen) atoms. The van der Waals surface area contributed by atoms with Gasteiger partial charge in [-0.25, -0.2) is 16.8 Å². The molecular weight excluding hydrogens is 320 g/mol. The monoisotopic (exact) mass is 336 g/mol. The van der Waals surface area contributed by atoms with Crippen LogP contribution in [-0.2, 0) is 26.1 Å². The zero-order valence-electron chi connectivity index (χ0n) is 11.2. The van der Waals surface area contributed by atoms with Crippen LogP contribution in [0.2, 0.25) is 5.02 Å². The molecule has 4 nitrogen and oxygen atoms in total. The quantitative estimate of drug-likeness (QED) is 0.821. The van der Waals surface area contributed by atoms with Gasteiger partial charge in [0.2, 0.25) is 0 Å². The highest BCUT2D eigenvalue weighted by Crippen LogP contribution is 2.33. The molecular formula is C13H17ClO4S2. The number of benzene rings is 1. The van der Waals surface area contributed by atoms with E-state index in [9.17, 15) is 16.8 Å². The summed E-state index contributed by atoms with van der Waals surface area (Å²) < 4.78 is 46.5. The molecule has 0 bridgehead atoms. The Kier molecular flexibility index (Phi) is 4.19. The largest absolute Gasteiger partial charge is 0.229 e. The molecule has 0 aliphatic carbocycles. The Hall–Kier alpha value is -0.590. The lowest BCUT2D eigenvalue weighted by molar-refractivity contribution is 0.410. The van der Waals surface area contributed by atoms with Gasteiger partial charge < -0.3 is 0 Å². The third-order valence-corrected chi connectivity index (χ3v) is 7.81. The lowest BCUT2D eigenvalue weighted by atomic mass is 9.98. The van der Waals surface area contributed by atoms with E-state index in [4.69, 9.17) is 11.6 Å². The van der Waals surface area contributed by atoms with Crippen LogP contribution >= 0.6 is 11.6 Å². The predicted octanol–water partition coefficient (Wildman–Crippen LogP) is 1.73. The lowest BCUT2D eigenvalue weighted by Crippen LogP contribution is -2.50. The molecule has 0 atom stereocenters. The van der Waals surface area contributed by atoms with Gasteiger partial charge in [0.05, 0.1) is 23.0 Å². The van der Waals surface area contributed by atoms with Gasteiger partial charge in [-0.1, -0.05) is 30.7 Å². The molecule has 112 valence electrons. The molecule has 0 radical (unpaired) electrons. The van der Waals surface area contributed by atoms with Crippen LogP contribution in [-0.4, -0.2) is 39.8 Å². The minimum atomic E-state index is -3.26. The summed E-state index contributed by atoms with van der Waals surface area (Å²) in [5, 5.41) is 0.615. The summed E-state index contributed by atoms with van der Waals surface area (Å²) >= 11 is 5.77. The van der Waals surface area contributed by atoms with E-state index in [2.05, 4.69) is 0 Å². The number of aryl methyl sites for hydroxylation is 1. The van der Waals surface area contributed by atoms with Gasteiger partial charge in [0.15, 0.2) is 19.7 Å². The zero-order valence-corrected chi connectivity index (χ0v) is 13.6. The smallest absolute Gasteiger partial charge is 0.151 e. The first-order chi connectivity index (χ1) is 9.09. The van der Waals surface area contributed by atoms with Crippen LogP contribution < -0.4 is 0 Å². The Morgan fingerprint density at radius 2 is 1.75 bits per heavy atom. The fraction of sp³-hybridized carbons (Fsp3) is 0.538. The molecule has 1 aliphatic rings. The highest BCUT2D eigenvalue weighted by molar-refractivity contribution is 7.93. The maximum atomic E-state index is 12.1. The molecule has 1 aromatic carbocycles. The average Bonchev–Trinajstić information content (AvgIpc) is 2.24. The summed E-state index contributed by atoms with van der Waals surface area (Å²) in [7, 11) is -6.27. The van der Waals surface area contributed by atoms with Crippen LogP contribution in [0.5, 0.6) is 0 Å². The van der Waals surface area contributed by atoms with E-state index in [0.29, 0.717) is 11.4 Å². The van der Waals surface area contributed by atoms with Gasteiger partial charge in [-0.05, 0) is 24.1 Å². The van der Waals surface area contributed by atoms with Crippen molar-refractivity contribution in [2.75, 3.05) is 23.0 Å². The summed E-state index contributed by atoms with van der Waals surface area (Å²) in [5.74, 6) is -0.0859. The first-order valence-electron chi connectivity index (χ1n) is 6.25.